The number of carbonyl (C=O) groups is 1. The van der Waals surface area contributed by atoms with Gasteiger partial charge in [-0.2, -0.15) is 0 Å². The fourth-order valence-corrected chi connectivity index (χ4v) is 2.38. The van der Waals surface area contributed by atoms with Crippen LogP contribution in [0.2, 0.25) is 0 Å². The molecule has 0 amide bonds. The van der Waals surface area contributed by atoms with Crippen molar-refractivity contribution in [3.8, 4) is 5.88 Å². The SMILES string of the molecule is CC1CC(Oc2ncc(C(=O)O)cc2[N+](=O)[O-])CC(C)O1. The van der Waals surface area contributed by atoms with Crippen molar-refractivity contribution in [3.05, 3.63) is 27.9 Å². The van der Waals surface area contributed by atoms with Crippen LogP contribution in [0.4, 0.5) is 5.69 Å². The standard InChI is InChI=1S/C13H16N2O6/c1-7-3-10(4-8(2)20-7)21-12-11(15(18)19)5-9(6-14-12)13(16)17/h5-8,10H,3-4H2,1-2H3,(H,16,17). The first kappa shape index (κ1) is 15.2. The Labute approximate surface area is 120 Å². The number of aromatic nitrogens is 1. The third kappa shape index (κ3) is 3.66. The molecule has 2 atom stereocenters. The molecule has 0 saturated carbocycles. The Bertz CT molecular complexity index is 552. The summed E-state index contributed by atoms with van der Waals surface area (Å²) in [4.78, 5) is 25.0. The van der Waals surface area contributed by atoms with Gasteiger partial charge in [-0.3, -0.25) is 10.1 Å². The minimum Gasteiger partial charge on any atom is -0.478 e. The Morgan fingerprint density at radius 2 is 2.10 bits per heavy atom. The van der Waals surface area contributed by atoms with Crippen molar-refractivity contribution >= 4 is 11.7 Å². The van der Waals surface area contributed by atoms with Crippen molar-refractivity contribution in [3.63, 3.8) is 0 Å². The van der Waals surface area contributed by atoms with E-state index in [9.17, 15) is 14.9 Å². The number of hydrogen-bond acceptors (Lipinski definition) is 6. The Balaban J connectivity index is 2.23. The molecular formula is C13H16N2O6. The first-order valence-corrected chi connectivity index (χ1v) is 6.56. The molecule has 2 rings (SSSR count). The molecule has 8 nitrogen and oxygen atoms in total. The average Bonchev–Trinajstić information content (AvgIpc) is 2.37. The van der Waals surface area contributed by atoms with Crippen LogP contribution in [0.15, 0.2) is 12.3 Å². The van der Waals surface area contributed by atoms with Crippen molar-refractivity contribution in [2.45, 2.75) is 45.0 Å². The van der Waals surface area contributed by atoms with E-state index in [-0.39, 0.29) is 29.8 Å². The molecule has 1 aliphatic heterocycles. The van der Waals surface area contributed by atoms with E-state index in [2.05, 4.69) is 4.98 Å². The lowest BCUT2D eigenvalue weighted by Gasteiger charge is -2.31. The highest BCUT2D eigenvalue weighted by Crippen LogP contribution is 2.29. The lowest BCUT2D eigenvalue weighted by atomic mass is 10.0. The van der Waals surface area contributed by atoms with Crippen molar-refractivity contribution < 1.29 is 24.3 Å². The van der Waals surface area contributed by atoms with Gasteiger partial charge in [-0.25, -0.2) is 9.78 Å². The van der Waals surface area contributed by atoms with Gasteiger partial charge in [-0.15, -0.1) is 0 Å². The summed E-state index contributed by atoms with van der Waals surface area (Å²) in [6, 6.07) is 0.955. The van der Waals surface area contributed by atoms with Crippen LogP contribution in [0.5, 0.6) is 5.88 Å². The van der Waals surface area contributed by atoms with E-state index in [1.807, 2.05) is 13.8 Å². The Kier molecular flexibility index (Phi) is 4.37. The van der Waals surface area contributed by atoms with Gasteiger partial charge in [-0.05, 0) is 13.8 Å². The minimum absolute atomic E-state index is 0.00361. The average molecular weight is 296 g/mol. The normalized spacial score (nSPS) is 25.3. The van der Waals surface area contributed by atoms with Gasteiger partial charge in [-0.1, -0.05) is 0 Å². The third-order valence-electron chi connectivity index (χ3n) is 3.21. The highest BCUT2D eigenvalue weighted by molar-refractivity contribution is 5.88. The molecule has 8 heteroatoms. The first-order valence-electron chi connectivity index (χ1n) is 6.56. The minimum atomic E-state index is -1.27. The monoisotopic (exact) mass is 296 g/mol. The van der Waals surface area contributed by atoms with E-state index >= 15 is 0 Å². The van der Waals surface area contributed by atoms with Gasteiger partial charge in [0.1, 0.15) is 6.10 Å². The molecule has 1 fully saturated rings. The third-order valence-corrected chi connectivity index (χ3v) is 3.21. The number of carboxylic acid groups (broad SMARTS) is 1. The van der Waals surface area contributed by atoms with Crippen molar-refractivity contribution in [1.29, 1.82) is 0 Å². The largest absolute Gasteiger partial charge is 0.478 e. The summed E-state index contributed by atoms with van der Waals surface area (Å²) in [5, 5.41) is 19.9. The number of rotatable bonds is 4. The Morgan fingerprint density at radius 1 is 1.48 bits per heavy atom. The molecule has 0 spiro atoms. The lowest BCUT2D eigenvalue weighted by Crippen LogP contribution is -2.36. The van der Waals surface area contributed by atoms with Gasteiger partial charge in [0.05, 0.1) is 22.7 Å². The molecule has 1 N–H and O–H groups in total. The number of pyridine rings is 1. The number of nitro groups is 1. The zero-order chi connectivity index (χ0) is 15.6. The summed E-state index contributed by atoms with van der Waals surface area (Å²) >= 11 is 0. The molecule has 0 bridgehead atoms. The zero-order valence-electron chi connectivity index (χ0n) is 11.7. The topological polar surface area (TPSA) is 112 Å². The summed E-state index contributed by atoms with van der Waals surface area (Å²) in [6.07, 6.45) is 2.00. The maximum absolute atomic E-state index is 11.0. The van der Waals surface area contributed by atoms with Gasteiger partial charge < -0.3 is 14.6 Å². The van der Waals surface area contributed by atoms with Crippen LogP contribution in [0.25, 0.3) is 0 Å². The zero-order valence-corrected chi connectivity index (χ0v) is 11.7. The molecule has 2 heterocycles. The number of hydrogen-bond donors (Lipinski definition) is 1. The molecule has 2 unspecified atom stereocenters. The predicted molar refractivity (Wildman–Crippen MR) is 71.5 cm³/mol. The van der Waals surface area contributed by atoms with Crippen LogP contribution in [0, 0.1) is 10.1 Å². The van der Waals surface area contributed by atoms with E-state index in [0.717, 1.165) is 12.3 Å². The molecular weight excluding hydrogens is 280 g/mol. The van der Waals surface area contributed by atoms with Gasteiger partial charge in [0.15, 0.2) is 0 Å². The van der Waals surface area contributed by atoms with E-state index in [4.69, 9.17) is 14.6 Å². The molecule has 1 aromatic rings. The number of ether oxygens (including phenoxy) is 2. The van der Waals surface area contributed by atoms with Crippen molar-refractivity contribution in [2.24, 2.45) is 0 Å². The highest BCUT2D eigenvalue weighted by atomic mass is 16.6. The van der Waals surface area contributed by atoms with Crippen LogP contribution in [0.3, 0.4) is 0 Å². The van der Waals surface area contributed by atoms with Crippen LogP contribution < -0.4 is 4.74 Å². The van der Waals surface area contributed by atoms with Crippen LogP contribution in [0.1, 0.15) is 37.0 Å². The second-order valence-electron chi connectivity index (χ2n) is 5.08. The molecule has 1 saturated heterocycles. The predicted octanol–water partition coefficient (Wildman–Crippen LogP) is 2.02. The van der Waals surface area contributed by atoms with Gasteiger partial charge in [0, 0.05) is 25.1 Å². The fraction of sp³-hybridized carbons (Fsp3) is 0.538. The summed E-state index contributed by atoms with van der Waals surface area (Å²) in [5.74, 6) is -1.43. The van der Waals surface area contributed by atoms with Gasteiger partial charge >= 0.3 is 11.7 Å². The quantitative estimate of drug-likeness (QED) is 0.668. The van der Waals surface area contributed by atoms with Crippen molar-refractivity contribution in [2.75, 3.05) is 0 Å². The summed E-state index contributed by atoms with van der Waals surface area (Å²) in [7, 11) is 0. The summed E-state index contributed by atoms with van der Waals surface area (Å²) in [5.41, 5.74) is -0.690. The van der Waals surface area contributed by atoms with E-state index in [0.29, 0.717) is 12.8 Å². The Hall–Kier alpha value is -2.22. The summed E-state index contributed by atoms with van der Waals surface area (Å²) in [6.45, 7) is 3.81. The highest BCUT2D eigenvalue weighted by Gasteiger charge is 2.29. The molecule has 1 aromatic heterocycles. The van der Waals surface area contributed by atoms with Gasteiger partial charge in [0.2, 0.25) is 0 Å². The molecule has 0 radical (unpaired) electrons. The molecule has 114 valence electrons. The second kappa shape index (κ2) is 6.04. The Morgan fingerprint density at radius 3 is 2.62 bits per heavy atom. The first-order chi connectivity index (χ1) is 9.86. The number of nitrogens with zero attached hydrogens (tertiary/aromatic N) is 2. The molecule has 0 aromatic carbocycles. The molecule has 1 aliphatic rings. The fourth-order valence-electron chi connectivity index (χ4n) is 2.38. The second-order valence-corrected chi connectivity index (χ2v) is 5.08. The van der Waals surface area contributed by atoms with Crippen LogP contribution in [-0.2, 0) is 4.74 Å². The smallest absolute Gasteiger partial charge is 0.337 e. The molecule has 21 heavy (non-hydrogen) atoms. The van der Waals surface area contributed by atoms with E-state index in [1.54, 1.807) is 0 Å². The molecule has 0 aliphatic carbocycles. The summed E-state index contributed by atoms with van der Waals surface area (Å²) < 4.78 is 11.2. The van der Waals surface area contributed by atoms with Crippen molar-refractivity contribution in [1.82, 2.24) is 4.98 Å². The maximum Gasteiger partial charge on any atom is 0.337 e. The number of carboxylic acids is 1. The van der Waals surface area contributed by atoms with Crippen LogP contribution >= 0.6 is 0 Å². The van der Waals surface area contributed by atoms with Gasteiger partial charge in [0.25, 0.3) is 5.88 Å². The lowest BCUT2D eigenvalue weighted by molar-refractivity contribution is -0.386. The van der Waals surface area contributed by atoms with Crippen LogP contribution in [-0.4, -0.2) is 39.3 Å². The maximum atomic E-state index is 11.0. The van der Waals surface area contributed by atoms with E-state index < -0.39 is 16.6 Å². The number of aromatic carboxylic acids is 1. The van der Waals surface area contributed by atoms with E-state index in [1.165, 1.54) is 0 Å².